The van der Waals surface area contributed by atoms with E-state index >= 15 is 0 Å². The Bertz CT molecular complexity index is 1140. The molecule has 3 aromatic rings. The number of aliphatic hydroxyl groups excluding tert-OH is 1. The molecule has 0 aliphatic carbocycles. The van der Waals surface area contributed by atoms with E-state index in [1.165, 1.54) is 0 Å². The third-order valence-corrected chi connectivity index (χ3v) is 6.12. The molecule has 1 N–H and O–H groups in total. The zero-order valence-electron chi connectivity index (χ0n) is 18.7. The largest absolute Gasteiger partial charge is 0.391 e. The van der Waals surface area contributed by atoms with Crippen molar-refractivity contribution in [1.82, 2.24) is 14.9 Å². The van der Waals surface area contributed by atoms with Crippen molar-refractivity contribution in [2.75, 3.05) is 13.1 Å². The molecule has 166 valence electrons. The third-order valence-electron chi connectivity index (χ3n) is 5.81. The number of rotatable bonds is 3. The molecule has 1 aliphatic rings. The maximum absolute atomic E-state index is 12.8. The predicted octanol–water partition coefficient (Wildman–Crippen LogP) is 5.36. The van der Waals surface area contributed by atoms with Crippen LogP contribution in [0.25, 0.3) is 22.3 Å². The van der Waals surface area contributed by atoms with Crippen LogP contribution in [-0.2, 0) is 5.41 Å². The molecule has 1 aromatic carbocycles. The highest BCUT2D eigenvalue weighted by atomic mass is 35.5. The number of carbonyl (C=O) groups is 1. The standard InChI is InChI=1S/C26H28ClN3O2/c1-26(2,3)24-13-17(8-9-29-24)19-11-20(15-28-14-19)22-7-6-18(12-23(22)27)25(32)30-10-4-5-21(31)16-30/h6-9,11-15,21,31H,4-5,10,16H2,1-3H3/t21-/m0/s1. The average molecular weight is 450 g/mol. The van der Waals surface area contributed by atoms with Gasteiger partial charge in [-0.15, -0.1) is 0 Å². The minimum Gasteiger partial charge on any atom is -0.391 e. The van der Waals surface area contributed by atoms with Crippen molar-refractivity contribution >= 4 is 17.5 Å². The quantitative estimate of drug-likeness (QED) is 0.584. The van der Waals surface area contributed by atoms with Crippen LogP contribution in [0.15, 0.2) is 55.0 Å². The Morgan fingerprint density at radius 1 is 1.09 bits per heavy atom. The molecular weight excluding hydrogens is 422 g/mol. The molecule has 3 heterocycles. The molecule has 0 spiro atoms. The van der Waals surface area contributed by atoms with Crippen molar-refractivity contribution in [3.63, 3.8) is 0 Å². The van der Waals surface area contributed by atoms with Gasteiger partial charge in [-0.1, -0.05) is 38.4 Å². The average Bonchev–Trinajstić information content (AvgIpc) is 2.78. The molecule has 0 unspecified atom stereocenters. The summed E-state index contributed by atoms with van der Waals surface area (Å²) in [6.45, 7) is 7.44. The van der Waals surface area contributed by atoms with E-state index in [0.29, 0.717) is 23.7 Å². The summed E-state index contributed by atoms with van der Waals surface area (Å²) in [4.78, 5) is 23.5. The lowest BCUT2D eigenvalue weighted by Gasteiger charge is -2.30. The Morgan fingerprint density at radius 3 is 2.59 bits per heavy atom. The summed E-state index contributed by atoms with van der Waals surface area (Å²) in [7, 11) is 0. The Morgan fingerprint density at radius 2 is 1.88 bits per heavy atom. The van der Waals surface area contributed by atoms with Gasteiger partial charge in [-0.3, -0.25) is 14.8 Å². The van der Waals surface area contributed by atoms with Gasteiger partial charge in [0.25, 0.3) is 5.91 Å². The number of piperidine rings is 1. The van der Waals surface area contributed by atoms with Crippen LogP contribution < -0.4 is 0 Å². The number of pyridine rings is 2. The number of aromatic nitrogens is 2. The molecule has 0 saturated carbocycles. The summed E-state index contributed by atoms with van der Waals surface area (Å²) in [6.07, 6.45) is 6.53. The van der Waals surface area contributed by atoms with Crippen LogP contribution in [0.3, 0.4) is 0 Å². The van der Waals surface area contributed by atoms with Gasteiger partial charge < -0.3 is 10.0 Å². The van der Waals surface area contributed by atoms with Crippen molar-refractivity contribution in [3.05, 3.63) is 71.3 Å². The first kappa shape index (κ1) is 22.4. The van der Waals surface area contributed by atoms with Crippen molar-refractivity contribution in [1.29, 1.82) is 0 Å². The second kappa shape index (κ2) is 9.00. The Balaban J connectivity index is 1.62. The van der Waals surface area contributed by atoms with Crippen LogP contribution in [0.1, 0.15) is 49.7 Å². The first-order valence-electron chi connectivity index (χ1n) is 10.9. The topological polar surface area (TPSA) is 66.3 Å². The minimum atomic E-state index is -0.455. The number of carbonyl (C=O) groups excluding carboxylic acids is 1. The fraction of sp³-hybridized carbons (Fsp3) is 0.346. The third kappa shape index (κ3) is 4.84. The number of aliphatic hydroxyl groups is 1. The molecule has 1 amide bonds. The van der Waals surface area contributed by atoms with Crippen molar-refractivity contribution < 1.29 is 9.90 Å². The SMILES string of the molecule is CC(C)(C)c1cc(-c2cncc(-c3ccc(C(=O)N4CCC[C@H](O)C4)cc3Cl)c2)ccn1. The molecule has 1 saturated heterocycles. The van der Waals surface area contributed by atoms with Gasteiger partial charge >= 0.3 is 0 Å². The number of amides is 1. The maximum atomic E-state index is 12.8. The molecule has 6 heteroatoms. The number of likely N-dealkylation sites (tertiary alicyclic amines) is 1. The Labute approximate surface area is 194 Å². The predicted molar refractivity (Wildman–Crippen MR) is 128 cm³/mol. The lowest BCUT2D eigenvalue weighted by atomic mass is 9.90. The molecule has 32 heavy (non-hydrogen) atoms. The Kier molecular flexibility index (Phi) is 6.31. The van der Waals surface area contributed by atoms with E-state index in [2.05, 4.69) is 42.9 Å². The zero-order valence-corrected chi connectivity index (χ0v) is 19.4. The number of hydrogen-bond donors (Lipinski definition) is 1. The summed E-state index contributed by atoms with van der Waals surface area (Å²) in [5.74, 6) is -0.101. The van der Waals surface area contributed by atoms with E-state index in [9.17, 15) is 9.90 Å². The number of hydrogen-bond acceptors (Lipinski definition) is 4. The highest BCUT2D eigenvalue weighted by Crippen LogP contribution is 2.32. The van der Waals surface area contributed by atoms with Crippen molar-refractivity contribution in [2.24, 2.45) is 0 Å². The number of benzene rings is 1. The summed E-state index contributed by atoms with van der Waals surface area (Å²) in [5, 5.41) is 10.4. The minimum absolute atomic E-state index is 0.0445. The van der Waals surface area contributed by atoms with Gasteiger partial charge in [-0.05, 0) is 48.7 Å². The molecule has 1 aliphatic heterocycles. The van der Waals surface area contributed by atoms with Crippen LogP contribution in [-0.4, -0.2) is 45.1 Å². The highest BCUT2D eigenvalue weighted by Gasteiger charge is 2.23. The zero-order chi connectivity index (χ0) is 22.9. The molecular formula is C26H28ClN3O2. The first-order chi connectivity index (χ1) is 15.2. The molecule has 2 aromatic heterocycles. The van der Waals surface area contributed by atoms with Gasteiger partial charge in [-0.25, -0.2) is 0 Å². The number of nitrogens with zero attached hydrogens (tertiary/aromatic N) is 3. The molecule has 0 bridgehead atoms. The van der Waals surface area contributed by atoms with E-state index in [-0.39, 0.29) is 11.3 Å². The normalized spacial score (nSPS) is 16.8. The molecule has 0 radical (unpaired) electrons. The van der Waals surface area contributed by atoms with Gasteiger partial charge in [0.15, 0.2) is 0 Å². The van der Waals surface area contributed by atoms with Crippen LogP contribution >= 0.6 is 11.6 Å². The van der Waals surface area contributed by atoms with Crippen molar-refractivity contribution in [3.8, 4) is 22.3 Å². The summed E-state index contributed by atoms with van der Waals surface area (Å²) >= 11 is 6.60. The monoisotopic (exact) mass is 449 g/mol. The van der Waals surface area contributed by atoms with E-state index in [4.69, 9.17) is 11.6 Å². The second-order valence-corrected chi connectivity index (χ2v) is 9.79. The summed E-state index contributed by atoms with van der Waals surface area (Å²) in [5.41, 5.74) is 5.23. The van der Waals surface area contributed by atoms with Gasteiger partial charge in [0, 0.05) is 70.1 Å². The smallest absolute Gasteiger partial charge is 0.253 e. The van der Waals surface area contributed by atoms with Crippen molar-refractivity contribution in [2.45, 2.75) is 45.1 Å². The van der Waals surface area contributed by atoms with Crippen LogP contribution in [0.4, 0.5) is 0 Å². The van der Waals surface area contributed by atoms with Gasteiger partial charge in [0.05, 0.1) is 6.10 Å². The summed E-state index contributed by atoms with van der Waals surface area (Å²) in [6, 6.07) is 11.5. The van der Waals surface area contributed by atoms with Crippen LogP contribution in [0, 0.1) is 0 Å². The second-order valence-electron chi connectivity index (χ2n) is 9.38. The molecule has 4 rings (SSSR count). The van der Waals surface area contributed by atoms with E-state index < -0.39 is 6.10 Å². The number of halogens is 1. The van der Waals surface area contributed by atoms with E-state index in [1.807, 2.05) is 24.5 Å². The lowest BCUT2D eigenvalue weighted by Crippen LogP contribution is -2.42. The molecule has 5 nitrogen and oxygen atoms in total. The van der Waals surface area contributed by atoms with Gasteiger partial charge in [0.1, 0.15) is 0 Å². The fourth-order valence-corrected chi connectivity index (χ4v) is 4.26. The van der Waals surface area contributed by atoms with Crippen LogP contribution in [0.5, 0.6) is 0 Å². The highest BCUT2D eigenvalue weighted by molar-refractivity contribution is 6.33. The lowest BCUT2D eigenvalue weighted by molar-refractivity contribution is 0.0474. The van der Waals surface area contributed by atoms with Gasteiger partial charge in [-0.2, -0.15) is 0 Å². The molecule has 1 atom stereocenters. The first-order valence-corrected chi connectivity index (χ1v) is 11.3. The maximum Gasteiger partial charge on any atom is 0.253 e. The Hall–Kier alpha value is -2.76. The van der Waals surface area contributed by atoms with Gasteiger partial charge in [0.2, 0.25) is 0 Å². The summed E-state index contributed by atoms with van der Waals surface area (Å²) < 4.78 is 0. The molecule has 1 fully saturated rings. The van der Waals surface area contributed by atoms with Crippen LogP contribution in [0.2, 0.25) is 5.02 Å². The van der Waals surface area contributed by atoms with E-state index in [0.717, 1.165) is 40.8 Å². The van der Waals surface area contributed by atoms with E-state index in [1.54, 1.807) is 23.2 Å². The number of β-amino-alcohol motifs (C(OH)–C–C–N with tert-alkyl or cyclic N) is 1. The fourth-order valence-electron chi connectivity index (χ4n) is 3.97.